The van der Waals surface area contributed by atoms with Gasteiger partial charge in [-0.15, -0.1) is 0 Å². The third-order valence-corrected chi connectivity index (χ3v) is 4.26. The molecule has 7 heteroatoms. The van der Waals surface area contributed by atoms with Crippen molar-refractivity contribution < 1.29 is 34.3 Å². The Kier molecular flexibility index (Phi) is 5.73. The molecule has 1 heterocycles. The molecule has 3 rings (SSSR count). The zero-order chi connectivity index (χ0) is 19.4. The summed E-state index contributed by atoms with van der Waals surface area (Å²) < 4.78 is 22.4. The van der Waals surface area contributed by atoms with Gasteiger partial charge in [-0.25, -0.2) is 0 Å². The van der Waals surface area contributed by atoms with Crippen molar-refractivity contribution in [3.63, 3.8) is 0 Å². The van der Waals surface area contributed by atoms with Crippen molar-refractivity contribution in [2.24, 2.45) is 0 Å². The third-order valence-electron chi connectivity index (χ3n) is 4.26. The number of hydrogen-bond acceptors (Lipinski definition) is 7. The summed E-state index contributed by atoms with van der Waals surface area (Å²) in [6, 6.07) is 8.61. The number of hydrogen-bond donors (Lipinski definition) is 3. The molecule has 3 N–H and O–H groups in total. The van der Waals surface area contributed by atoms with Crippen molar-refractivity contribution in [3.05, 3.63) is 47.5 Å². The minimum Gasteiger partial charge on any atom is -0.502 e. The standard InChI is InChI=1S/C20H22O7/c1-24-16-9-13(10-17(25-2)19(16)23)20-18(11-22)26-14-6-5-12(4-3-7-21)8-15(14)27-20/h3-6,8-10,18,20-23H,7,11H2,1-2H3. The lowest BCUT2D eigenvalue weighted by molar-refractivity contribution is -0.0124. The van der Waals surface area contributed by atoms with Crippen LogP contribution in [0.15, 0.2) is 36.4 Å². The number of phenols is 1. The molecule has 0 fully saturated rings. The SMILES string of the molecule is COc1cc(C2Oc3cc(C=CCO)ccc3OC2CO)cc(OC)c1O. The van der Waals surface area contributed by atoms with Crippen molar-refractivity contribution in [3.8, 4) is 28.7 Å². The fraction of sp³-hybridized carbons (Fsp3) is 0.300. The molecule has 27 heavy (non-hydrogen) atoms. The Hall–Kier alpha value is -2.90. The van der Waals surface area contributed by atoms with E-state index >= 15 is 0 Å². The second-order valence-corrected chi connectivity index (χ2v) is 5.94. The maximum absolute atomic E-state index is 10.1. The Labute approximate surface area is 157 Å². The Morgan fingerprint density at radius 3 is 2.30 bits per heavy atom. The van der Waals surface area contributed by atoms with Gasteiger partial charge in [0.2, 0.25) is 5.75 Å². The zero-order valence-corrected chi connectivity index (χ0v) is 15.1. The summed E-state index contributed by atoms with van der Waals surface area (Å²) in [7, 11) is 2.88. The first kappa shape index (κ1) is 18.9. The van der Waals surface area contributed by atoms with E-state index in [2.05, 4.69) is 0 Å². The topological polar surface area (TPSA) is 97.6 Å². The molecule has 7 nitrogen and oxygen atoms in total. The molecule has 0 aromatic heterocycles. The first-order chi connectivity index (χ1) is 13.1. The molecule has 0 bridgehead atoms. The summed E-state index contributed by atoms with van der Waals surface area (Å²) >= 11 is 0. The molecule has 1 aliphatic heterocycles. The maximum atomic E-state index is 10.1. The van der Waals surface area contributed by atoms with Gasteiger partial charge in [-0.2, -0.15) is 0 Å². The maximum Gasteiger partial charge on any atom is 0.200 e. The van der Waals surface area contributed by atoms with Gasteiger partial charge in [-0.05, 0) is 29.8 Å². The lowest BCUT2D eigenvalue weighted by atomic mass is 10.0. The van der Waals surface area contributed by atoms with E-state index in [1.54, 1.807) is 36.4 Å². The van der Waals surface area contributed by atoms with Crippen LogP contribution >= 0.6 is 0 Å². The van der Waals surface area contributed by atoms with Crippen LogP contribution < -0.4 is 18.9 Å². The molecule has 0 radical (unpaired) electrons. The van der Waals surface area contributed by atoms with E-state index in [-0.39, 0.29) is 30.5 Å². The van der Waals surface area contributed by atoms with Crippen LogP contribution in [-0.2, 0) is 0 Å². The molecular weight excluding hydrogens is 352 g/mol. The number of fused-ring (bicyclic) bond motifs is 1. The fourth-order valence-corrected chi connectivity index (χ4v) is 2.94. The van der Waals surface area contributed by atoms with Crippen LogP contribution in [0.25, 0.3) is 6.08 Å². The highest BCUT2D eigenvalue weighted by Gasteiger charge is 2.34. The normalized spacial score (nSPS) is 18.5. The Morgan fingerprint density at radius 1 is 1.00 bits per heavy atom. The molecule has 2 aromatic rings. The summed E-state index contributed by atoms with van der Waals surface area (Å²) in [5.74, 6) is 1.38. The van der Waals surface area contributed by atoms with Crippen molar-refractivity contribution in [1.82, 2.24) is 0 Å². The number of phenolic OH excluding ortho intramolecular Hbond substituents is 1. The van der Waals surface area contributed by atoms with Crippen LogP contribution in [0.3, 0.4) is 0 Å². The number of aromatic hydroxyl groups is 1. The van der Waals surface area contributed by atoms with Crippen LogP contribution in [0.5, 0.6) is 28.7 Å². The predicted octanol–water partition coefficient (Wildman–Crippen LogP) is 2.29. The van der Waals surface area contributed by atoms with Gasteiger partial charge in [0.25, 0.3) is 0 Å². The van der Waals surface area contributed by atoms with Crippen LogP contribution in [0.1, 0.15) is 17.2 Å². The van der Waals surface area contributed by atoms with E-state index in [9.17, 15) is 10.2 Å². The Morgan fingerprint density at radius 2 is 1.70 bits per heavy atom. The molecule has 0 amide bonds. The average molecular weight is 374 g/mol. The minimum absolute atomic E-state index is 0.0588. The van der Waals surface area contributed by atoms with Crippen molar-refractivity contribution in [1.29, 1.82) is 0 Å². The van der Waals surface area contributed by atoms with Gasteiger partial charge >= 0.3 is 0 Å². The smallest absolute Gasteiger partial charge is 0.200 e. The lowest BCUT2D eigenvalue weighted by Crippen LogP contribution is -2.36. The van der Waals surface area contributed by atoms with Crippen molar-refractivity contribution in [2.75, 3.05) is 27.4 Å². The van der Waals surface area contributed by atoms with E-state index in [0.29, 0.717) is 17.1 Å². The number of aliphatic hydroxyl groups is 2. The van der Waals surface area contributed by atoms with Crippen LogP contribution in [-0.4, -0.2) is 48.9 Å². The molecule has 0 saturated heterocycles. The summed E-state index contributed by atoms with van der Waals surface area (Å²) in [5, 5.41) is 28.8. The van der Waals surface area contributed by atoms with E-state index in [1.165, 1.54) is 14.2 Å². The van der Waals surface area contributed by atoms with Gasteiger partial charge in [0.05, 0.1) is 27.4 Å². The molecule has 2 aromatic carbocycles. The summed E-state index contributed by atoms with van der Waals surface area (Å²) in [6.45, 7) is -0.321. The molecule has 0 saturated carbocycles. The number of benzene rings is 2. The second kappa shape index (κ2) is 8.20. The number of methoxy groups -OCH3 is 2. The molecular formula is C20H22O7. The third kappa shape index (κ3) is 3.79. The predicted molar refractivity (Wildman–Crippen MR) is 98.6 cm³/mol. The van der Waals surface area contributed by atoms with Gasteiger partial charge < -0.3 is 34.3 Å². The van der Waals surface area contributed by atoms with Gasteiger partial charge in [0.15, 0.2) is 35.2 Å². The van der Waals surface area contributed by atoms with Crippen molar-refractivity contribution in [2.45, 2.75) is 12.2 Å². The minimum atomic E-state index is -0.643. The zero-order valence-electron chi connectivity index (χ0n) is 15.1. The van der Waals surface area contributed by atoms with Crippen LogP contribution in [0.4, 0.5) is 0 Å². The largest absolute Gasteiger partial charge is 0.502 e. The molecule has 2 atom stereocenters. The first-order valence-corrected chi connectivity index (χ1v) is 8.41. The second-order valence-electron chi connectivity index (χ2n) is 5.94. The fourth-order valence-electron chi connectivity index (χ4n) is 2.94. The van der Waals surface area contributed by atoms with E-state index in [4.69, 9.17) is 24.1 Å². The lowest BCUT2D eigenvalue weighted by Gasteiger charge is -2.33. The highest BCUT2D eigenvalue weighted by atomic mass is 16.6. The molecule has 144 valence electrons. The van der Waals surface area contributed by atoms with Crippen molar-refractivity contribution >= 4 is 6.08 Å². The average Bonchev–Trinajstić information content (AvgIpc) is 2.71. The molecule has 1 aliphatic rings. The highest BCUT2D eigenvalue weighted by molar-refractivity contribution is 5.57. The van der Waals surface area contributed by atoms with E-state index in [1.807, 2.05) is 6.07 Å². The molecule has 0 aliphatic carbocycles. The van der Waals surface area contributed by atoms with Crippen LogP contribution in [0, 0.1) is 0 Å². The quantitative estimate of drug-likeness (QED) is 0.714. The Bertz CT molecular complexity index is 806. The summed E-state index contributed by atoms with van der Waals surface area (Å²) in [4.78, 5) is 0. The van der Waals surface area contributed by atoms with E-state index < -0.39 is 12.2 Å². The van der Waals surface area contributed by atoms with Gasteiger partial charge in [-0.3, -0.25) is 0 Å². The highest BCUT2D eigenvalue weighted by Crippen LogP contribution is 2.44. The number of ether oxygens (including phenoxy) is 4. The van der Waals surface area contributed by atoms with Crippen LogP contribution in [0.2, 0.25) is 0 Å². The molecule has 0 spiro atoms. The van der Waals surface area contributed by atoms with Gasteiger partial charge in [0.1, 0.15) is 0 Å². The first-order valence-electron chi connectivity index (χ1n) is 8.41. The summed E-state index contributed by atoms with van der Waals surface area (Å²) in [6.07, 6.45) is 2.11. The monoisotopic (exact) mass is 374 g/mol. The van der Waals surface area contributed by atoms with E-state index in [0.717, 1.165) is 5.56 Å². The Balaban J connectivity index is 2.00. The summed E-state index contributed by atoms with van der Waals surface area (Å²) in [5.41, 5.74) is 1.47. The van der Waals surface area contributed by atoms with Gasteiger partial charge in [-0.1, -0.05) is 18.2 Å². The number of rotatable bonds is 6. The number of aliphatic hydroxyl groups excluding tert-OH is 2. The van der Waals surface area contributed by atoms with Gasteiger partial charge in [0, 0.05) is 5.56 Å². The molecule has 2 unspecified atom stereocenters.